The number of hydrogen-bond donors (Lipinski definition) is 1. The highest BCUT2D eigenvalue weighted by molar-refractivity contribution is 7.99. The van der Waals surface area contributed by atoms with Gasteiger partial charge in [0.05, 0.1) is 0 Å². The molecule has 2 amide bonds. The highest BCUT2D eigenvalue weighted by atomic mass is 32.2. The summed E-state index contributed by atoms with van der Waals surface area (Å²) in [5.41, 5.74) is 3.22. The first-order chi connectivity index (χ1) is 16.4. The maximum atomic E-state index is 13.6. The number of nitrogens with one attached hydrogen (secondary N) is 1. The number of carbonyl (C=O) groups is 2. The number of hydrogen-bond acceptors (Lipinski definition) is 3. The molecule has 3 aromatic carbocycles. The second kappa shape index (κ2) is 13.0. The van der Waals surface area contributed by atoms with Crippen molar-refractivity contribution < 1.29 is 9.59 Å². The van der Waals surface area contributed by atoms with Gasteiger partial charge in [-0.3, -0.25) is 9.59 Å². The largest absolute Gasteiger partial charge is 0.352 e. The van der Waals surface area contributed by atoms with Crippen LogP contribution in [-0.4, -0.2) is 34.6 Å². The van der Waals surface area contributed by atoms with Gasteiger partial charge < -0.3 is 10.2 Å². The lowest BCUT2D eigenvalue weighted by molar-refractivity contribution is -0.141. The lowest BCUT2D eigenvalue weighted by atomic mass is 10.0. The van der Waals surface area contributed by atoms with Crippen molar-refractivity contribution in [2.75, 3.05) is 5.75 Å². The Kier molecular flexibility index (Phi) is 9.77. The lowest BCUT2D eigenvalue weighted by Crippen LogP contribution is -2.51. The van der Waals surface area contributed by atoms with Gasteiger partial charge >= 0.3 is 0 Å². The zero-order valence-corrected chi connectivity index (χ0v) is 21.1. The molecule has 1 N–H and O–H groups in total. The average molecular weight is 475 g/mol. The third-order valence-corrected chi connectivity index (χ3v) is 6.52. The monoisotopic (exact) mass is 474 g/mol. The first-order valence-electron chi connectivity index (χ1n) is 11.8. The van der Waals surface area contributed by atoms with Gasteiger partial charge in [-0.2, -0.15) is 0 Å². The fourth-order valence-electron chi connectivity index (χ4n) is 3.74. The molecule has 1 unspecified atom stereocenters. The molecule has 0 radical (unpaired) electrons. The average Bonchev–Trinajstić information content (AvgIpc) is 2.83. The van der Waals surface area contributed by atoms with Crippen LogP contribution in [0.4, 0.5) is 0 Å². The predicted octanol–water partition coefficient (Wildman–Crippen LogP) is 5.64. The Bertz CT molecular complexity index is 1040. The van der Waals surface area contributed by atoms with Crippen molar-refractivity contribution in [1.29, 1.82) is 0 Å². The van der Waals surface area contributed by atoms with Crippen LogP contribution in [0.2, 0.25) is 0 Å². The van der Waals surface area contributed by atoms with Crippen molar-refractivity contribution in [3.63, 3.8) is 0 Å². The minimum absolute atomic E-state index is 0.00395. The second-order valence-corrected chi connectivity index (χ2v) is 9.96. The molecule has 0 bridgehead atoms. The van der Waals surface area contributed by atoms with Crippen LogP contribution < -0.4 is 5.32 Å². The molecule has 0 aromatic heterocycles. The number of benzene rings is 3. The van der Waals surface area contributed by atoms with E-state index >= 15 is 0 Å². The van der Waals surface area contributed by atoms with E-state index in [0.717, 1.165) is 16.0 Å². The third kappa shape index (κ3) is 8.07. The van der Waals surface area contributed by atoms with E-state index in [9.17, 15) is 9.59 Å². The van der Waals surface area contributed by atoms with Crippen LogP contribution in [0, 0.1) is 6.92 Å². The van der Waals surface area contributed by atoms with E-state index in [1.54, 1.807) is 16.7 Å². The van der Waals surface area contributed by atoms with Gasteiger partial charge in [0.1, 0.15) is 6.04 Å². The van der Waals surface area contributed by atoms with Crippen LogP contribution in [0.25, 0.3) is 0 Å². The maximum absolute atomic E-state index is 13.6. The summed E-state index contributed by atoms with van der Waals surface area (Å²) >= 11 is 1.66. The van der Waals surface area contributed by atoms with Gasteiger partial charge in [0, 0.05) is 36.1 Å². The molecule has 4 nitrogen and oxygen atoms in total. The Hall–Kier alpha value is -3.05. The molecule has 3 aromatic rings. The van der Waals surface area contributed by atoms with E-state index in [0.29, 0.717) is 25.1 Å². The van der Waals surface area contributed by atoms with Crippen LogP contribution in [0.3, 0.4) is 0 Å². The van der Waals surface area contributed by atoms with Crippen molar-refractivity contribution in [2.45, 2.75) is 57.1 Å². The summed E-state index contributed by atoms with van der Waals surface area (Å²) in [5.74, 6) is 0.538. The van der Waals surface area contributed by atoms with E-state index in [4.69, 9.17) is 0 Å². The highest BCUT2D eigenvalue weighted by Gasteiger charge is 2.30. The summed E-state index contributed by atoms with van der Waals surface area (Å²) in [5, 5.41) is 3.04. The highest BCUT2D eigenvalue weighted by Crippen LogP contribution is 2.21. The minimum Gasteiger partial charge on any atom is -0.352 e. The molecule has 0 aliphatic carbocycles. The summed E-state index contributed by atoms with van der Waals surface area (Å²) in [6.07, 6.45) is 0.842. The molecule has 0 saturated carbocycles. The summed E-state index contributed by atoms with van der Waals surface area (Å²) in [6.45, 7) is 6.33. The zero-order valence-electron chi connectivity index (χ0n) is 20.2. The van der Waals surface area contributed by atoms with Gasteiger partial charge in [-0.1, -0.05) is 78.4 Å². The Labute approximate surface area is 207 Å². The SMILES string of the molecule is Cc1ccc(CN(C(=O)CCSc2ccccc2)C(Cc2ccccc2)C(=O)NC(C)C)cc1. The number of nitrogens with zero attached hydrogens (tertiary/aromatic N) is 1. The maximum Gasteiger partial charge on any atom is 0.243 e. The van der Waals surface area contributed by atoms with Crippen molar-refractivity contribution in [3.05, 3.63) is 102 Å². The summed E-state index contributed by atoms with van der Waals surface area (Å²) in [4.78, 5) is 29.8. The van der Waals surface area contributed by atoms with Gasteiger partial charge in [-0.15, -0.1) is 11.8 Å². The molecule has 34 heavy (non-hydrogen) atoms. The topological polar surface area (TPSA) is 49.4 Å². The molecule has 0 aliphatic rings. The molecule has 0 aliphatic heterocycles. The molecule has 178 valence electrons. The van der Waals surface area contributed by atoms with Gasteiger partial charge in [0.15, 0.2) is 0 Å². The van der Waals surface area contributed by atoms with E-state index in [2.05, 4.69) is 5.32 Å². The van der Waals surface area contributed by atoms with Gasteiger partial charge in [-0.05, 0) is 44.0 Å². The van der Waals surface area contributed by atoms with Crippen LogP contribution in [-0.2, 0) is 22.6 Å². The van der Waals surface area contributed by atoms with Crippen molar-refractivity contribution >= 4 is 23.6 Å². The van der Waals surface area contributed by atoms with Crippen LogP contribution in [0.1, 0.15) is 37.0 Å². The fraction of sp³-hybridized carbons (Fsp3) is 0.310. The van der Waals surface area contributed by atoms with E-state index < -0.39 is 6.04 Å². The fourth-order valence-corrected chi connectivity index (χ4v) is 4.60. The first-order valence-corrected chi connectivity index (χ1v) is 12.8. The second-order valence-electron chi connectivity index (χ2n) is 8.79. The standard InChI is InChI=1S/C29H34N2O2S/c1-22(2)30-29(33)27(20-24-10-6-4-7-11-24)31(21-25-16-14-23(3)15-17-25)28(32)18-19-34-26-12-8-5-9-13-26/h4-17,22,27H,18-21H2,1-3H3,(H,30,33). The molecule has 5 heteroatoms. The van der Waals surface area contributed by atoms with Gasteiger partial charge in [0.25, 0.3) is 0 Å². The third-order valence-electron chi connectivity index (χ3n) is 5.50. The molecular weight excluding hydrogens is 440 g/mol. The summed E-state index contributed by atoms with van der Waals surface area (Å²) in [6, 6.07) is 27.6. The molecule has 3 rings (SSSR count). The molecule has 0 saturated heterocycles. The Morgan fingerprint density at radius 1 is 0.853 bits per heavy atom. The molecule has 0 heterocycles. The van der Waals surface area contributed by atoms with Gasteiger partial charge in [0.2, 0.25) is 11.8 Å². The number of aryl methyl sites for hydroxylation is 1. The quantitative estimate of drug-likeness (QED) is 0.366. The van der Waals surface area contributed by atoms with Crippen LogP contribution in [0.5, 0.6) is 0 Å². The summed E-state index contributed by atoms with van der Waals surface area (Å²) in [7, 11) is 0. The Morgan fingerprint density at radius 2 is 1.47 bits per heavy atom. The lowest BCUT2D eigenvalue weighted by Gasteiger charge is -2.32. The van der Waals surface area contributed by atoms with Crippen molar-refractivity contribution in [3.8, 4) is 0 Å². The predicted molar refractivity (Wildman–Crippen MR) is 141 cm³/mol. The summed E-state index contributed by atoms with van der Waals surface area (Å²) < 4.78 is 0. The molecule has 0 fully saturated rings. The zero-order chi connectivity index (χ0) is 24.3. The molecule has 0 spiro atoms. The Morgan fingerprint density at radius 3 is 2.09 bits per heavy atom. The number of amides is 2. The van der Waals surface area contributed by atoms with Gasteiger partial charge in [-0.25, -0.2) is 0 Å². The molecular formula is C29H34N2O2S. The Balaban J connectivity index is 1.84. The van der Waals surface area contributed by atoms with E-state index in [-0.39, 0.29) is 17.9 Å². The van der Waals surface area contributed by atoms with Crippen LogP contribution in [0.15, 0.2) is 89.8 Å². The molecule has 1 atom stereocenters. The number of thioether (sulfide) groups is 1. The number of rotatable bonds is 11. The van der Waals surface area contributed by atoms with Crippen molar-refractivity contribution in [2.24, 2.45) is 0 Å². The van der Waals surface area contributed by atoms with E-state index in [1.165, 1.54) is 5.56 Å². The number of carbonyl (C=O) groups excluding carboxylic acids is 2. The normalized spacial score (nSPS) is 11.8. The smallest absolute Gasteiger partial charge is 0.243 e. The van der Waals surface area contributed by atoms with Crippen molar-refractivity contribution in [1.82, 2.24) is 10.2 Å². The van der Waals surface area contributed by atoms with E-state index in [1.807, 2.05) is 106 Å². The van der Waals surface area contributed by atoms with Crippen LogP contribution >= 0.6 is 11.8 Å². The minimum atomic E-state index is -0.583. The first kappa shape index (κ1) is 25.6.